The predicted octanol–water partition coefficient (Wildman–Crippen LogP) is 1.79. The van der Waals surface area contributed by atoms with Gasteiger partial charge in [-0.25, -0.2) is 0 Å². The molecule has 118 valence electrons. The van der Waals surface area contributed by atoms with Crippen LogP contribution in [0.4, 0.5) is 0 Å². The maximum atomic E-state index is 5.37. The van der Waals surface area contributed by atoms with E-state index in [4.69, 9.17) is 4.74 Å². The van der Waals surface area contributed by atoms with E-state index in [-0.39, 0.29) is 5.25 Å². The second-order valence-corrected chi connectivity index (χ2v) is 6.70. The first-order chi connectivity index (χ1) is 10.8. The van der Waals surface area contributed by atoms with E-state index in [1.807, 2.05) is 46.8 Å². The van der Waals surface area contributed by atoms with Crippen molar-refractivity contribution in [1.29, 1.82) is 0 Å². The number of tetrazole rings is 1. The fourth-order valence-corrected chi connectivity index (χ4v) is 3.47. The van der Waals surface area contributed by atoms with E-state index in [0.29, 0.717) is 0 Å². The molecule has 1 aromatic heterocycles. The topological polar surface area (TPSA) is 56.1 Å². The number of ether oxygens (including phenoxy) is 1. The zero-order valence-corrected chi connectivity index (χ0v) is 13.6. The molecule has 1 fully saturated rings. The molecule has 2 heterocycles. The zero-order valence-electron chi connectivity index (χ0n) is 12.8. The Labute approximate surface area is 134 Å². The highest BCUT2D eigenvalue weighted by Gasteiger charge is 2.17. The average molecular weight is 319 g/mol. The minimum atomic E-state index is 0.260. The van der Waals surface area contributed by atoms with Gasteiger partial charge in [0.2, 0.25) is 0 Å². The number of benzene rings is 1. The van der Waals surface area contributed by atoms with Crippen LogP contribution in [0.3, 0.4) is 0 Å². The van der Waals surface area contributed by atoms with Gasteiger partial charge < -0.3 is 4.74 Å². The molecule has 0 amide bonds. The van der Waals surface area contributed by atoms with Crippen LogP contribution in [-0.4, -0.2) is 63.7 Å². The van der Waals surface area contributed by atoms with E-state index in [1.54, 1.807) is 0 Å². The van der Waals surface area contributed by atoms with Crippen LogP contribution in [0.5, 0.6) is 0 Å². The second kappa shape index (κ2) is 7.71. The second-order valence-electron chi connectivity index (χ2n) is 5.25. The van der Waals surface area contributed by atoms with Gasteiger partial charge in [0.1, 0.15) is 0 Å². The number of thioether (sulfide) groups is 1. The Balaban J connectivity index is 1.56. The lowest BCUT2D eigenvalue weighted by atomic mass is 10.3. The van der Waals surface area contributed by atoms with Gasteiger partial charge in [-0.3, -0.25) is 4.90 Å². The van der Waals surface area contributed by atoms with Gasteiger partial charge >= 0.3 is 0 Å². The van der Waals surface area contributed by atoms with Crippen molar-refractivity contribution in [2.75, 3.05) is 38.6 Å². The molecular formula is C15H21N5OS. The average Bonchev–Trinajstić information content (AvgIpc) is 3.06. The Morgan fingerprint density at radius 2 is 2.00 bits per heavy atom. The van der Waals surface area contributed by atoms with Crippen molar-refractivity contribution in [3.8, 4) is 5.69 Å². The van der Waals surface area contributed by atoms with Crippen molar-refractivity contribution >= 4 is 11.8 Å². The molecule has 1 unspecified atom stereocenters. The van der Waals surface area contributed by atoms with Gasteiger partial charge in [-0.1, -0.05) is 18.2 Å². The van der Waals surface area contributed by atoms with Crippen LogP contribution >= 0.6 is 11.8 Å². The van der Waals surface area contributed by atoms with E-state index >= 15 is 0 Å². The highest BCUT2D eigenvalue weighted by Crippen LogP contribution is 2.27. The molecule has 3 rings (SSSR count). The molecule has 1 aromatic carbocycles. The molecule has 0 spiro atoms. The molecule has 1 atom stereocenters. The number of rotatable bonds is 6. The highest BCUT2D eigenvalue weighted by atomic mass is 32.2. The molecule has 6 nitrogen and oxygen atoms in total. The van der Waals surface area contributed by atoms with Gasteiger partial charge in [-0.15, -0.1) is 16.9 Å². The number of aromatic nitrogens is 4. The molecule has 0 bridgehead atoms. The van der Waals surface area contributed by atoms with Crippen molar-refractivity contribution in [2.24, 2.45) is 0 Å². The molecule has 0 aliphatic carbocycles. The van der Waals surface area contributed by atoms with Gasteiger partial charge in [0.25, 0.3) is 0 Å². The summed E-state index contributed by atoms with van der Waals surface area (Å²) in [6.45, 7) is 7.03. The molecule has 0 saturated carbocycles. The first-order valence-electron chi connectivity index (χ1n) is 7.60. The third kappa shape index (κ3) is 3.85. The number of hydrogen-bond acceptors (Lipinski definition) is 6. The van der Waals surface area contributed by atoms with Crippen LogP contribution in [0.2, 0.25) is 0 Å². The summed E-state index contributed by atoms with van der Waals surface area (Å²) in [5, 5.41) is 12.4. The standard InChI is InChI=1S/C15H21N5OS/c1-13(22-12-9-19-7-10-21-11-8-19)15-16-17-18-20(15)14-5-3-2-4-6-14/h2-6,13H,7-12H2,1H3. The smallest absolute Gasteiger partial charge is 0.169 e. The van der Waals surface area contributed by atoms with Crippen LogP contribution in [0.15, 0.2) is 30.3 Å². The number of hydrogen-bond donors (Lipinski definition) is 0. The molecular weight excluding hydrogens is 298 g/mol. The summed E-state index contributed by atoms with van der Waals surface area (Å²) in [6.07, 6.45) is 0. The third-order valence-electron chi connectivity index (χ3n) is 3.74. The molecule has 22 heavy (non-hydrogen) atoms. The van der Waals surface area contributed by atoms with E-state index in [0.717, 1.165) is 50.1 Å². The largest absolute Gasteiger partial charge is 0.379 e. The van der Waals surface area contributed by atoms with Gasteiger partial charge in [-0.2, -0.15) is 4.68 Å². The number of nitrogens with zero attached hydrogens (tertiary/aromatic N) is 5. The monoisotopic (exact) mass is 319 g/mol. The Bertz CT molecular complexity index is 570. The molecule has 1 saturated heterocycles. The van der Waals surface area contributed by atoms with Crippen LogP contribution in [-0.2, 0) is 4.74 Å². The van der Waals surface area contributed by atoms with E-state index in [2.05, 4.69) is 27.3 Å². The van der Waals surface area contributed by atoms with Crippen molar-refractivity contribution in [3.05, 3.63) is 36.2 Å². The summed E-state index contributed by atoms with van der Waals surface area (Å²) in [7, 11) is 0. The molecule has 0 N–H and O–H groups in total. The van der Waals surface area contributed by atoms with Crippen LogP contribution in [0.1, 0.15) is 18.0 Å². The minimum Gasteiger partial charge on any atom is -0.379 e. The summed E-state index contributed by atoms with van der Waals surface area (Å²) in [5.41, 5.74) is 1.00. The van der Waals surface area contributed by atoms with E-state index in [9.17, 15) is 0 Å². The molecule has 1 aliphatic rings. The maximum absolute atomic E-state index is 5.37. The summed E-state index contributed by atoms with van der Waals surface area (Å²) in [6, 6.07) is 10.0. The summed E-state index contributed by atoms with van der Waals surface area (Å²) >= 11 is 1.89. The Hall–Kier alpha value is -1.44. The number of morpholine rings is 1. The first-order valence-corrected chi connectivity index (χ1v) is 8.65. The predicted molar refractivity (Wildman–Crippen MR) is 87.3 cm³/mol. The van der Waals surface area contributed by atoms with Gasteiger partial charge in [-0.05, 0) is 29.5 Å². The maximum Gasteiger partial charge on any atom is 0.169 e. The number of para-hydroxylation sites is 1. The fraction of sp³-hybridized carbons (Fsp3) is 0.533. The first kappa shape index (κ1) is 15.5. The lowest BCUT2D eigenvalue weighted by Gasteiger charge is -2.26. The van der Waals surface area contributed by atoms with Crippen LogP contribution in [0, 0.1) is 0 Å². The van der Waals surface area contributed by atoms with E-state index < -0.39 is 0 Å². The van der Waals surface area contributed by atoms with Crippen molar-refractivity contribution in [2.45, 2.75) is 12.2 Å². The zero-order chi connectivity index (χ0) is 15.2. The lowest BCUT2D eigenvalue weighted by molar-refractivity contribution is 0.0410. The van der Waals surface area contributed by atoms with Crippen molar-refractivity contribution in [1.82, 2.24) is 25.1 Å². The van der Waals surface area contributed by atoms with Crippen LogP contribution in [0.25, 0.3) is 5.69 Å². The normalized spacial score (nSPS) is 17.5. The lowest BCUT2D eigenvalue weighted by Crippen LogP contribution is -2.37. The Morgan fingerprint density at radius 1 is 1.23 bits per heavy atom. The summed E-state index contributed by atoms with van der Waals surface area (Å²) in [4.78, 5) is 2.45. The highest BCUT2D eigenvalue weighted by molar-refractivity contribution is 7.99. The quantitative estimate of drug-likeness (QED) is 0.809. The SMILES string of the molecule is CC(SCCN1CCOCC1)c1nnnn1-c1ccccc1. The summed E-state index contributed by atoms with van der Waals surface area (Å²) < 4.78 is 7.20. The summed E-state index contributed by atoms with van der Waals surface area (Å²) in [5.74, 6) is 1.97. The van der Waals surface area contributed by atoms with Crippen LogP contribution < -0.4 is 0 Å². The van der Waals surface area contributed by atoms with E-state index in [1.165, 1.54) is 0 Å². The van der Waals surface area contributed by atoms with Crippen molar-refractivity contribution < 1.29 is 4.74 Å². The Morgan fingerprint density at radius 3 is 2.77 bits per heavy atom. The Kier molecular flexibility index (Phi) is 5.42. The van der Waals surface area contributed by atoms with Gasteiger partial charge in [0.15, 0.2) is 5.82 Å². The molecule has 2 aromatic rings. The molecule has 0 radical (unpaired) electrons. The minimum absolute atomic E-state index is 0.260. The van der Waals surface area contributed by atoms with Crippen molar-refractivity contribution in [3.63, 3.8) is 0 Å². The third-order valence-corrected chi connectivity index (χ3v) is 4.87. The molecule has 1 aliphatic heterocycles. The van der Waals surface area contributed by atoms with Gasteiger partial charge in [0.05, 0.1) is 24.2 Å². The molecule has 7 heteroatoms. The van der Waals surface area contributed by atoms with Gasteiger partial charge in [0, 0.05) is 25.4 Å². The fourth-order valence-electron chi connectivity index (χ4n) is 2.46.